The number of aromatic nitrogens is 2. The number of benzene rings is 1. The lowest BCUT2D eigenvalue weighted by Gasteiger charge is -2.11. The molecule has 22 heavy (non-hydrogen) atoms. The van der Waals surface area contributed by atoms with E-state index in [1.165, 1.54) is 11.0 Å². The monoisotopic (exact) mass is 302 g/mol. The fraction of sp³-hybridized carbons (Fsp3) is 0.125. The molecule has 2 heterocycles. The average molecular weight is 302 g/mol. The first-order chi connectivity index (χ1) is 12.2. The third-order valence-electron chi connectivity index (χ3n) is 3.04. The van der Waals surface area contributed by atoms with E-state index in [-0.39, 0.29) is 46.2 Å². The number of hydrogen-bond acceptors (Lipinski definition) is 5. The van der Waals surface area contributed by atoms with Gasteiger partial charge in [0.05, 0.1) is 27.0 Å². The summed E-state index contributed by atoms with van der Waals surface area (Å²) in [4.78, 5) is 20.6. The number of anilines is 1. The zero-order valence-corrected chi connectivity index (χ0v) is 11.9. The van der Waals surface area contributed by atoms with Crippen LogP contribution in [0.15, 0.2) is 48.6 Å². The van der Waals surface area contributed by atoms with Crippen molar-refractivity contribution in [3.05, 3.63) is 58.7 Å². The molecule has 3 aromatic rings. The zero-order valence-electron chi connectivity index (χ0n) is 15.9. The predicted octanol–water partition coefficient (Wildman–Crippen LogP) is 3.27. The number of hydrogen-bond donors (Lipinski definition) is 0. The van der Waals surface area contributed by atoms with Crippen molar-refractivity contribution in [1.29, 1.82) is 0 Å². The fourth-order valence-electron chi connectivity index (χ4n) is 1.97. The highest BCUT2D eigenvalue weighted by molar-refractivity contribution is 5.90. The normalized spacial score (nSPS) is 13.2. The molecule has 0 aliphatic rings. The van der Waals surface area contributed by atoms with Crippen molar-refractivity contribution in [3.8, 4) is 11.3 Å². The molecule has 2 aromatic heterocycles. The number of rotatable bonds is 3. The highest BCUT2D eigenvalue weighted by Gasteiger charge is 2.15. The minimum Gasteiger partial charge on any atom is -0.363 e. The molecule has 3 rings (SSSR count). The first-order valence-electron chi connectivity index (χ1n) is 8.43. The molecule has 0 N–H and O–H groups in total. The Hall–Kier alpha value is -3.02. The van der Waals surface area contributed by atoms with Crippen LogP contribution in [-0.4, -0.2) is 29.0 Å². The van der Waals surface area contributed by atoms with Gasteiger partial charge in [-0.05, 0) is 24.2 Å². The summed E-state index contributed by atoms with van der Waals surface area (Å²) in [6.07, 6.45) is -0.361. The Morgan fingerprint density at radius 1 is 1.27 bits per heavy atom. The second-order valence-electron chi connectivity index (χ2n) is 4.77. The van der Waals surface area contributed by atoms with E-state index in [0.717, 1.165) is 0 Å². The Labute approximate surface area is 132 Å². The van der Waals surface area contributed by atoms with Crippen molar-refractivity contribution < 1.29 is 10.4 Å². The number of para-hydroxylation sites is 1. The Kier molecular flexibility index (Phi) is 2.41. The Bertz CT molecular complexity index is 1060. The van der Waals surface area contributed by atoms with Gasteiger partial charge in [-0.1, -0.05) is 12.1 Å². The summed E-state index contributed by atoms with van der Waals surface area (Å²) >= 11 is 0. The molecule has 0 aliphatic carbocycles. The quantitative estimate of drug-likeness (QED) is 0.548. The molecule has 0 radical (unpaired) electrons. The molecule has 0 saturated carbocycles. The van der Waals surface area contributed by atoms with Gasteiger partial charge in [0.1, 0.15) is 5.82 Å². The SMILES string of the molecule is [3H]c1nc(N(C)C)c([3H])c([3H])c1-c1nc2ccccc2c([N+](=O)[O-])c1[3H]. The van der Waals surface area contributed by atoms with Crippen LogP contribution in [0.1, 0.15) is 5.48 Å². The molecular formula is C16H14N4O2. The summed E-state index contributed by atoms with van der Waals surface area (Å²) < 4.78 is 32.7. The molecule has 0 amide bonds. The molecule has 0 bridgehead atoms. The first-order valence-corrected chi connectivity index (χ1v) is 6.43. The predicted molar refractivity (Wildman–Crippen MR) is 86.0 cm³/mol. The molecule has 0 saturated heterocycles. The molecule has 110 valence electrons. The average Bonchev–Trinajstić information content (AvgIpc) is 2.58. The van der Waals surface area contributed by atoms with Crippen LogP contribution in [-0.2, 0) is 0 Å². The minimum absolute atomic E-state index is 0.130. The van der Waals surface area contributed by atoms with Gasteiger partial charge in [0.15, 0.2) is 0 Å². The topological polar surface area (TPSA) is 72.2 Å². The summed E-state index contributed by atoms with van der Waals surface area (Å²) in [6, 6.07) is 5.22. The molecule has 0 spiro atoms. The van der Waals surface area contributed by atoms with Crippen LogP contribution in [0.4, 0.5) is 11.5 Å². The highest BCUT2D eigenvalue weighted by atomic mass is 16.6. The van der Waals surface area contributed by atoms with Crippen LogP contribution < -0.4 is 4.90 Å². The van der Waals surface area contributed by atoms with E-state index in [9.17, 15) is 10.1 Å². The molecule has 6 nitrogen and oxygen atoms in total. The van der Waals surface area contributed by atoms with Gasteiger partial charge in [0.25, 0.3) is 5.69 Å². The summed E-state index contributed by atoms with van der Waals surface area (Å²) in [5.41, 5.74) is -0.545. The maximum absolute atomic E-state index is 11.5. The number of nitro groups is 1. The van der Waals surface area contributed by atoms with Gasteiger partial charge in [0.2, 0.25) is 0 Å². The Morgan fingerprint density at radius 3 is 2.77 bits per heavy atom. The molecule has 0 atom stereocenters. The zero-order chi connectivity index (χ0) is 19.2. The van der Waals surface area contributed by atoms with E-state index in [4.69, 9.17) is 5.48 Å². The van der Waals surface area contributed by atoms with Gasteiger partial charge >= 0.3 is 0 Å². The molecule has 0 unspecified atom stereocenters. The smallest absolute Gasteiger partial charge is 0.280 e. The maximum Gasteiger partial charge on any atom is 0.280 e. The fourth-order valence-corrected chi connectivity index (χ4v) is 1.97. The lowest BCUT2D eigenvalue weighted by molar-refractivity contribution is -0.383. The molecule has 0 fully saturated rings. The molecule has 1 aromatic carbocycles. The highest BCUT2D eigenvalue weighted by Crippen LogP contribution is 2.29. The number of fused-ring (bicyclic) bond motifs is 1. The maximum atomic E-state index is 11.5. The van der Waals surface area contributed by atoms with Crippen LogP contribution in [0.25, 0.3) is 22.2 Å². The second kappa shape index (κ2) is 5.40. The Morgan fingerprint density at radius 2 is 2.05 bits per heavy atom. The Balaban J connectivity index is 2.42. The molecular weight excluding hydrogens is 280 g/mol. The van der Waals surface area contributed by atoms with E-state index < -0.39 is 16.7 Å². The van der Waals surface area contributed by atoms with Gasteiger partial charge in [-0.15, -0.1) is 0 Å². The first kappa shape index (κ1) is 9.83. The lowest BCUT2D eigenvalue weighted by atomic mass is 10.1. The number of nitrogens with zero attached hydrogens (tertiary/aromatic N) is 4. The van der Waals surface area contributed by atoms with Gasteiger partial charge in [-0.25, -0.2) is 9.97 Å². The van der Waals surface area contributed by atoms with E-state index in [0.29, 0.717) is 0 Å². The lowest BCUT2D eigenvalue weighted by Crippen LogP contribution is -2.10. The van der Waals surface area contributed by atoms with Crippen LogP contribution in [0.3, 0.4) is 0 Å². The number of pyridine rings is 2. The van der Waals surface area contributed by atoms with Crippen molar-refractivity contribution in [2.24, 2.45) is 0 Å². The van der Waals surface area contributed by atoms with E-state index in [2.05, 4.69) is 9.97 Å². The van der Waals surface area contributed by atoms with Crippen LogP contribution in [0, 0.1) is 10.1 Å². The van der Waals surface area contributed by atoms with Crippen molar-refractivity contribution in [3.63, 3.8) is 0 Å². The van der Waals surface area contributed by atoms with Gasteiger partial charge < -0.3 is 4.90 Å². The van der Waals surface area contributed by atoms with E-state index >= 15 is 0 Å². The summed E-state index contributed by atoms with van der Waals surface area (Å²) in [7, 11) is 3.27. The third kappa shape index (κ3) is 2.46. The van der Waals surface area contributed by atoms with E-state index in [1.54, 1.807) is 32.3 Å². The van der Waals surface area contributed by atoms with Crippen molar-refractivity contribution in [1.82, 2.24) is 9.97 Å². The summed E-state index contributed by atoms with van der Waals surface area (Å²) in [5.74, 6) is 0.130. The molecule has 6 heteroatoms. The van der Waals surface area contributed by atoms with Gasteiger partial charge in [-0.3, -0.25) is 10.1 Å². The standard InChI is InChI=1S/C16H14N4O2/c1-19(2)16-8-7-11(10-17-16)14-9-15(20(21)22)12-5-3-4-6-13(12)18-14/h3-10H,1-2H3/i7T,8T,9T,10T. The van der Waals surface area contributed by atoms with Crippen molar-refractivity contribution in [2.45, 2.75) is 0 Å². The van der Waals surface area contributed by atoms with Crippen molar-refractivity contribution in [2.75, 3.05) is 19.0 Å². The van der Waals surface area contributed by atoms with Gasteiger partial charge in [0, 0.05) is 31.9 Å². The van der Waals surface area contributed by atoms with Crippen molar-refractivity contribution >= 4 is 22.4 Å². The van der Waals surface area contributed by atoms with Crippen LogP contribution >= 0.6 is 0 Å². The van der Waals surface area contributed by atoms with Gasteiger partial charge in [-0.2, -0.15) is 0 Å². The van der Waals surface area contributed by atoms with E-state index in [1.807, 2.05) is 0 Å². The minimum atomic E-state index is -0.674. The second-order valence-corrected chi connectivity index (χ2v) is 4.77. The molecule has 0 aliphatic heterocycles. The van der Waals surface area contributed by atoms with Crippen LogP contribution in [0.5, 0.6) is 0 Å². The third-order valence-corrected chi connectivity index (χ3v) is 3.04. The summed E-state index contributed by atoms with van der Waals surface area (Å²) in [5, 5.41) is 11.7. The summed E-state index contributed by atoms with van der Waals surface area (Å²) in [6.45, 7) is 0. The van der Waals surface area contributed by atoms with Crippen LogP contribution in [0.2, 0.25) is 0 Å². The largest absolute Gasteiger partial charge is 0.363 e.